The van der Waals surface area contributed by atoms with Crippen molar-refractivity contribution >= 4 is 6.08 Å². The van der Waals surface area contributed by atoms with E-state index in [-0.39, 0.29) is 11.5 Å². The molecule has 1 aliphatic rings. The molecule has 1 saturated carbocycles. The molecule has 0 aromatic heterocycles. The van der Waals surface area contributed by atoms with E-state index in [1.54, 1.807) is 6.92 Å². The second-order valence-corrected chi connectivity index (χ2v) is 4.17. The Morgan fingerprint density at radius 2 is 2.24 bits per heavy atom. The van der Waals surface area contributed by atoms with Gasteiger partial charge in [-0.25, -0.2) is 9.18 Å². The Kier molecular flexibility index (Phi) is 2.63. The molecule has 1 fully saturated rings. The number of benzene rings is 1. The third-order valence-corrected chi connectivity index (χ3v) is 3.06. The van der Waals surface area contributed by atoms with Gasteiger partial charge in [0.25, 0.3) is 0 Å². The highest BCUT2D eigenvalue weighted by molar-refractivity contribution is 5.57. The van der Waals surface area contributed by atoms with Crippen LogP contribution in [0.25, 0.3) is 0 Å². The lowest BCUT2D eigenvalue weighted by Crippen LogP contribution is -2.07. The zero-order chi connectivity index (χ0) is 12.6. The SMILES string of the molecule is COc1c(F)cc(C)c(C2(N=C=O)CC2)c1O. The first-order chi connectivity index (χ1) is 8.05. The van der Waals surface area contributed by atoms with Crippen molar-refractivity contribution in [2.45, 2.75) is 25.3 Å². The van der Waals surface area contributed by atoms with Crippen molar-refractivity contribution in [3.8, 4) is 11.5 Å². The van der Waals surface area contributed by atoms with Crippen LogP contribution in [0.15, 0.2) is 11.1 Å². The Morgan fingerprint density at radius 1 is 1.59 bits per heavy atom. The number of methoxy groups -OCH3 is 1. The summed E-state index contributed by atoms with van der Waals surface area (Å²) in [7, 11) is 1.28. The van der Waals surface area contributed by atoms with E-state index in [0.717, 1.165) is 0 Å². The number of halogens is 1. The predicted molar refractivity (Wildman–Crippen MR) is 58.4 cm³/mol. The molecule has 17 heavy (non-hydrogen) atoms. The van der Waals surface area contributed by atoms with Crippen LogP contribution in [-0.2, 0) is 10.3 Å². The van der Waals surface area contributed by atoms with Crippen LogP contribution < -0.4 is 4.74 Å². The summed E-state index contributed by atoms with van der Waals surface area (Å²) < 4.78 is 18.3. The second-order valence-electron chi connectivity index (χ2n) is 4.17. The van der Waals surface area contributed by atoms with Gasteiger partial charge in [-0.2, -0.15) is 4.99 Å². The lowest BCUT2D eigenvalue weighted by Gasteiger charge is -2.16. The van der Waals surface area contributed by atoms with E-state index in [4.69, 9.17) is 4.74 Å². The number of ether oxygens (including phenoxy) is 1. The molecule has 4 nitrogen and oxygen atoms in total. The van der Waals surface area contributed by atoms with Gasteiger partial charge in [0.2, 0.25) is 6.08 Å². The number of hydrogen-bond donors (Lipinski definition) is 1. The summed E-state index contributed by atoms with van der Waals surface area (Å²) in [6.07, 6.45) is 2.79. The number of carbonyl (C=O) groups excluding carboxylic acids is 1. The number of rotatable bonds is 3. The molecule has 1 aromatic carbocycles. The molecule has 0 unspecified atom stereocenters. The first-order valence-electron chi connectivity index (χ1n) is 5.21. The molecule has 0 atom stereocenters. The van der Waals surface area contributed by atoms with Crippen molar-refractivity contribution in [3.63, 3.8) is 0 Å². The molecule has 1 aromatic rings. The number of hydrogen-bond acceptors (Lipinski definition) is 4. The van der Waals surface area contributed by atoms with Crippen LogP contribution in [0.3, 0.4) is 0 Å². The maximum Gasteiger partial charge on any atom is 0.235 e. The molecule has 0 amide bonds. The molecule has 0 spiro atoms. The van der Waals surface area contributed by atoms with E-state index in [0.29, 0.717) is 24.0 Å². The fourth-order valence-corrected chi connectivity index (χ4v) is 2.15. The highest BCUT2D eigenvalue weighted by Crippen LogP contribution is 2.55. The Bertz CT molecular complexity index is 517. The molecule has 2 rings (SSSR count). The standard InChI is InChI=1S/C12H12FNO3/c1-7-5-8(13)11(17-2)10(16)9(7)12(3-4-12)14-6-15/h5,16H,3-4H2,1-2H3. The average molecular weight is 237 g/mol. The number of aliphatic imine (C=N–C) groups is 1. The summed E-state index contributed by atoms with van der Waals surface area (Å²) in [4.78, 5) is 14.1. The molecule has 0 saturated heterocycles. The molecular weight excluding hydrogens is 225 g/mol. The third-order valence-electron chi connectivity index (χ3n) is 3.06. The van der Waals surface area contributed by atoms with Crippen molar-refractivity contribution in [1.82, 2.24) is 0 Å². The molecule has 1 aliphatic carbocycles. The molecular formula is C12H12FNO3. The maximum absolute atomic E-state index is 13.5. The maximum atomic E-state index is 13.5. The molecule has 0 aliphatic heterocycles. The van der Waals surface area contributed by atoms with Gasteiger partial charge in [0.05, 0.1) is 7.11 Å². The van der Waals surface area contributed by atoms with Gasteiger partial charge in [0, 0.05) is 5.56 Å². The van der Waals surface area contributed by atoms with Crippen LogP contribution in [0.4, 0.5) is 4.39 Å². The number of phenolic OH excluding ortho intramolecular Hbond substituents is 1. The van der Waals surface area contributed by atoms with Crippen LogP contribution in [0.1, 0.15) is 24.0 Å². The lowest BCUT2D eigenvalue weighted by atomic mass is 9.97. The van der Waals surface area contributed by atoms with Crippen LogP contribution in [0.2, 0.25) is 0 Å². The molecule has 0 bridgehead atoms. The summed E-state index contributed by atoms with van der Waals surface area (Å²) >= 11 is 0. The number of phenols is 1. The lowest BCUT2D eigenvalue weighted by molar-refractivity contribution is 0.346. The third kappa shape index (κ3) is 1.68. The predicted octanol–water partition coefficient (Wildman–Crippen LogP) is 2.17. The largest absolute Gasteiger partial charge is 0.504 e. The first kappa shape index (κ1) is 11.6. The van der Waals surface area contributed by atoms with Crippen molar-refractivity contribution in [2.24, 2.45) is 4.99 Å². The monoisotopic (exact) mass is 237 g/mol. The topological polar surface area (TPSA) is 58.9 Å². The minimum absolute atomic E-state index is 0.210. The summed E-state index contributed by atoms with van der Waals surface area (Å²) in [5.74, 6) is -1.11. The normalized spacial score (nSPS) is 16.2. The summed E-state index contributed by atoms with van der Waals surface area (Å²) in [6, 6.07) is 1.27. The fourth-order valence-electron chi connectivity index (χ4n) is 2.15. The zero-order valence-electron chi connectivity index (χ0n) is 9.58. The van der Waals surface area contributed by atoms with Gasteiger partial charge in [-0.15, -0.1) is 0 Å². The Hall–Kier alpha value is -1.87. The molecule has 90 valence electrons. The van der Waals surface area contributed by atoms with Gasteiger partial charge in [0.15, 0.2) is 17.3 Å². The Morgan fingerprint density at radius 3 is 2.71 bits per heavy atom. The van der Waals surface area contributed by atoms with E-state index in [1.807, 2.05) is 0 Å². The van der Waals surface area contributed by atoms with Gasteiger partial charge < -0.3 is 9.84 Å². The first-order valence-corrected chi connectivity index (χ1v) is 5.21. The van der Waals surface area contributed by atoms with E-state index >= 15 is 0 Å². The van der Waals surface area contributed by atoms with Crippen molar-refractivity contribution < 1.29 is 19.0 Å². The average Bonchev–Trinajstić information content (AvgIpc) is 2.98. The van der Waals surface area contributed by atoms with Crippen molar-refractivity contribution in [3.05, 3.63) is 23.0 Å². The summed E-state index contributed by atoms with van der Waals surface area (Å²) in [5.41, 5.74) is 0.271. The van der Waals surface area contributed by atoms with Gasteiger partial charge >= 0.3 is 0 Å². The molecule has 5 heteroatoms. The van der Waals surface area contributed by atoms with Crippen LogP contribution >= 0.6 is 0 Å². The quantitative estimate of drug-likeness (QED) is 0.647. The second kappa shape index (κ2) is 3.86. The zero-order valence-corrected chi connectivity index (χ0v) is 9.58. The van der Waals surface area contributed by atoms with Crippen molar-refractivity contribution in [1.29, 1.82) is 0 Å². The number of aromatic hydroxyl groups is 1. The van der Waals surface area contributed by atoms with Gasteiger partial charge in [-0.1, -0.05) is 0 Å². The number of isocyanates is 1. The minimum atomic E-state index is -0.739. The smallest absolute Gasteiger partial charge is 0.235 e. The summed E-state index contributed by atoms with van der Waals surface area (Å²) in [6.45, 7) is 1.66. The Balaban J connectivity index is 2.66. The van der Waals surface area contributed by atoms with Crippen molar-refractivity contribution in [2.75, 3.05) is 7.11 Å². The van der Waals surface area contributed by atoms with Crippen LogP contribution in [0, 0.1) is 12.7 Å². The summed E-state index contributed by atoms with van der Waals surface area (Å²) in [5, 5.41) is 10.00. The van der Waals surface area contributed by atoms with Gasteiger partial charge in [-0.3, -0.25) is 0 Å². The fraction of sp³-hybridized carbons (Fsp3) is 0.417. The van der Waals surface area contributed by atoms with E-state index in [1.165, 1.54) is 19.3 Å². The number of nitrogens with zero attached hydrogens (tertiary/aromatic N) is 1. The molecule has 0 radical (unpaired) electrons. The van der Waals surface area contributed by atoms with Crippen LogP contribution in [0.5, 0.6) is 11.5 Å². The highest BCUT2D eigenvalue weighted by atomic mass is 19.1. The van der Waals surface area contributed by atoms with Gasteiger partial charge in [-0.05, 0) is 31.4 Å². The molecule has 0 heterocycles. The van der Waals surface area contributed by atoms with E-state index in [2.05, 4.69) is 4.99 Å². The minimum Gasteiger partial charge on any atom is -0.504 e. The molecule has 1 N–H and O–H groups in total. The Labute approximate surface area is 97.7 Å². The van der Waals surface area contributed by atoms with E-state index < -0.39 is 11.4 Å². The number of aryl methyl sites for hydroxylation is 1. The van der Waals surface area contributed by atoms with Gasteiger partial charge in [0.1, 0.15) is 5.54 Å². The van der Waals surface area contributed by atoms with Crippen LogP contribution in [-0.4, -0.2) is 18.3 Å². The highest BCUT2D eigenvalue weighted by Gasteiger charge is 2.48. The van der Waals surface area contributed by atoms with E-state index in [9.17, 15) is 14.3 Å².